The zero-order chi connectivity index (χ0) is 19.5. The first-order chi connectivity index (χ1) is 12.1. The maximum Gasteiger partial charge on any atom is 1.00 e. The molecule has 0 amide bonds. The number of hydrogen-bond donors (Lipinski definition) is 1. The summed E-state index contributed by atoms with van der Waals surface area (Å²) in [7, 11) is 0. The van der Waals surface area contributed by atoms with Crippen LogP contribution in [0.15, 0.2) is 48.5 Å². The summed E-state index contributed by atoms with van der Waals surface area (Å²) in [4.78, 5) is 10.9. The normalized spacial score (nSPS) is 13.0. The standard InChI is InChI=1S/C21H23F2NO2.Na/c1-21(2,3)14-6-4-13(5-7-14)16(10-11-19(24)20(25)26)17-9-8-15(22)12-18(17)23;/h4-10,12,19H,11,24H2,1-3H3,(H,25,26);/q;+1/p-1/b16-10+;. The Labute approximate surface area is 180 Å². The van der Waals surface area contributed by atoms with Gasteiger partial charge < -0.3 is 15.6 Å². The van der Waals surface area contributed by atoms with E-state index in [4.69, 9.17) is 5.73 Å². The molecule has 2 aromatic rings. The molecule has 2 rings (SSSR count). The van der Waals surface area contributed by atoms with Crippen LogP contribution in [0.5, 0.6) is 0 Å². The summed E-state index contributed by atoms with van der Waals surface area (Å²) in [5.74, 6) is -2.79. The first-order valence-corrected chi connectivity index (χ1v) is 8.32. The van der Waals surface area contributed by atoms with Crippen molar-refractivity contribution >= 4 is 11.5 Å². The minimum absolute atomic E-state index is 0. The number of benzene rings is 2. The largest absolute Gasteiger partial charge is 1.00 e. The predicted molar refractivity (Wildman–Crippen MR) is 96.2 cm³/mol. The van der Waals surface area contributed by atoms with Gasteiger partial charge in [-0.3, -0.25) is 0 Å². The van der Waals surface area contributed by atoms with Gasteiger partial charge in [0, 0.05) is 17.7 Å². The van der Waals surface area contributed by atoms with Crippen LogP contribution >= 0.6 is 0 Å². The minimum atomic E-state index is -1.39. The monoisotopic (exact) mass is 381 g/mol. The van der Waals surface area contributed by atoms with Gasteiger partial charge in [0.25, 0.3) is 0 Å². The van der Waals surface area contributed by atoms with Gasteiger partial charge in [-0.25, -0.2) is 8.78 Å². The summed E-state index contributed by atoms with van der Waals surface area (Å²) in [6.07, 6.45) is 1.51. The second-order valence-electron chi connectivity index (χ2n) is 7.23. The number of carboxylic acid groups (broad SMARTS) is 1. The van der Waals surface area contributed by atoms with Crippen LogP contribution in [0.2, 0.25) is 0 Å². The van der Waals surface area contributed by atoms with Crippen molar-refractivity contribution in [2.75, 3.05) is 0 Å². The zero-order valence-corrected chi connectivity index (χ0v) is 18.1. The predicted octanol–water partition coefficient (Wildman–Crippen LogP) is 0.165. The SMILES string of the molecule is CC(C)(C)c1ccc(/C(=C\CC(N)C(=O)[O-])c2ccc(F)cc2F)cc1.[Na+]. The van der Waals surface area contributed by atoms with Crippen LogP contribution in [0, 0.1) is 11.6 Å². The first kappa shape index (κ1) is 23.5. The van der Waals surface area contributed by atoms with Gasteiger partial charge in [-0.05, 0) is 40.7 Å². The molecule has 138 valence electrons. The smallest absolute Gasteiger partial charge is 0.548 e. The van der Waals surface area contributed by atoms with Gasteiger partial charge >= 0.3 is 29.6 Å². The first-order valence-electron chi connectivity index (χ1n) is 8.32. The van der Waals surface area contributed by atoms with E-state index in [-0.39, 0.29) is 47.0 Å². The van der Waals surface area contributed by atoms with Crippen molar-refractivity contribution in [3.8, 4) is 0 Å². The van der Waals surface area contributed by atoms with Gasteiger partial charge in [0.05, 0.1) is 5.97 Å². The fourth-order valence-electron chi connectivity index (χ4n) is 2.58. The molecule has 0 heterocycles. The number of carboxylic acids is 1. The van der Waals surface area contributed by atoms with Gasteiger partial charge in [0.15, 0.2) is 0 Å². The van der Waals surface area contributed by atoms with Crippen molar-refractivity contribution in [1.29, 1.82) is 0 Å². The van der Waals surface area contributed by atoms with Crippen LogP contribution in [-0.4, -0.2) is 12.0 Å². The number of carbonyl (C=O) groups excluding carboxylic acids is 1. The van der Waals surface area contributed by atoms with E-state index < -0.39 is 23.6 Å². The van der Waals surface area contributed by atoms with Crippen LogP contribution < -0.4 is 40.4 Å². The second kappa shape index (κ2) is 9.60. The molecule has 27 heavy (non-hydrogen) atoms. The molecule has 0 aliphatic carbocycles. The van der Waals surface area contributed by atoms with Crippen molar-refractivity contribution in [1.82, 2.24) is 0 Å². The summed E-state index contributed by atoms with van der Waals surface area (Å²) in [5.41, 5.74) is 7.89. The quantitative estimate of drug-likeness (QED) is 0.751. The molecule has 0 saturated carbocycles. The van der Waals surface area contributed by atoms with Crippen LogP contribution in [0.4, 0.5) is 8.78 Å². The van der Waals surface area contributed by atoms with Crippen LogP contribution in [0.1, 0.15) is 43.9 Å². The third kappa shape index (κ3) is 6.25. The summed E-state index contributed by atoms with van der Waals surface area (Å²) in [6.45, 7) is 6.24. The summed E-state index contributed by atoms with van der Waals surface area (Å²) in [5, 5.41) is 10.9. The average Bonchev–Trinajstić information content (AvgIpc) is 2.55. The minimum Gasteiger partial charge on any atom is -0.548 e. The molecule has 3 nitrogen and oxygen atoms in total. The molecule has 0 fully saturated rings. The van der Waals surface area contributed by atoms with Crippen LogP contribution in [0.3, 0.4) is 0 Å². The fourth-order valence-corrected chi connectivity index (χ4v) is 2.58. The molecule has 0 spiro atoms. The second-order valence-corrected chi connectivity index (χ2v) is 7.23. The van der Waals surface area contributed by atoms with E-state index in [0.29, 0.717) is 11.1 Å². The number of aliphatic carboxylic acids is 1. The Kier molecular flexibility index (Phi) is 8.36. The zero-order valence-electron chi connectivity index (χ0n) is 16.1. The maximum absolute atomic E-state index is 14.3. The van der Waals surface area contributed by atoms with Crippen molar-refractivity contribution in [2.24, 2.45) is 5.73 Å². The Hall–Kier alpha value is -1.53. The maximum atomic E-state index is 14.3. The average molecular weight is 381 g/mol. The molecule has 0 aliphatic heterocycles. The number of carbonyl (C=O) groups is 1. The molecular weight excluding hydrogens is 359 g/mol. The van der Waals surface area contributed by atoms with Crippen molar-refractivity contribution in [2.45, 2.75) is 38.6 Å². The Balaban J connectivity index is 0.00000364. The van der Waals surface area contributed by atoms with Gasteiger partial charge in [0.2, 0.25) is 0 Å². The Morgan fingerprint density at radius 3 is 2.22 bits per heavy atom. The van der Waals surface area contributed by atoms with Gasteiger partial charge in [-0.1, -0.05) is 51.1 Å². The molecule has 1 unspecified atom stereocenters. The van der Waals surface area contributed by atoms with E-state index in [1.807, 2.05) is 24.3 Å². The molecule has 0 aromatic heterocycles. The van der Waals surface area contributed by atoms with Gasteiger partial charge in [-0.2, -0.15) is 0 Å². The third-order valence-electron chi connectivity index (χ3n) is 4.16. The topological polar surface area (TPSA) is 66.2 Å². The molecular formula is C21H22F2NNaO2. The van der Waals surface area contributed by atoms with Gasteiger partial charge in [-0.15, -0.1) is 0 Å². The van der Waals surface area contributed by atoms with E-state index >= 15 is 0 Å². The van der Waals surface area contributed by atoms with E-state index in [0.717, 1.165) is 17.7 Å². The molecule has 0 radical (unpaired) electrons. The van der Waals surface area contributed by atoms with Crippen LogP contribution in [0.25, 0.3) is 5.57 Å². The number of nitrogens with two attached hydrogens (primary N) is 1. The Bertz CT molecular complexity index is 827. The summed E-state index contributed by atoms with van der Waals surface area (Å²) < 4.78 is 27.5. The Morgan fingerprint density at radius 1 is 1.15 bits per heavy atom. The molecule has 0 bridgehead atoms. The van der Waals surface area contributed by atoms with E-state index in [9.17, 15) is 18.7 Å². The molecule has 2 aromatic carbocycles. The summed E-state index contributed by atoms with van der Waals surface area (Å²) >= 11 is 0. The van der Waals surface area contributed by atoms with Crippen molar-refractivity contribution in [3.05, 3.63) is 76.9 Å². The number of halogens is 2. The van der Waals surface area contributed by atoms with Crippen molar-refractivity contribution < 1.29 is 48.2 Å². The van der Waals surface area contributed by atoms with E-state index in [2.05, 4.69) is 20.8 Å². The Morgan fingerprint density at radius 2 is 1.74 bits per heavy atom. The summed E-state index contributed by atoms with van der Waals surface area (Å²) in [6, 6.07) is 9.62. The third-order valence-corrected chi connectivity index (χ3v) is 4.16. The number of rotatable bonds is 5. The van der Waals surface area contributed by atoms with Crippen molar-refractivity contribution in [3.63, 3.8) is 0 Å². The van der Waals surface area contributed by atoms with E-state index in [1.54, 1.807) is 6.08 Å². The van der Waals surface area contributed by atoms with Gasteiger partial charge in [0.1, 0.15) is 11.6 Å². The molecule has 0 saturated heterocycles. The fraction of sp³-hybridized carbons (Fsp3) is 0.286. The molecule has 2 N–H and O–H groups in total. The van der Waals surface area contributed by atoms with E-state index in [1.165, 1.54) is 6.07 Å². The number of hydrogen-bond acceptors (Lipinski definition) is 3. The molecule has 6 heteroatoms. The van der Waals surface area contributed by atoms with Crippen LogP contribution in [-0.2, 0) is 10.2 Å². The molecule has 0 aliphatic rings. The molecule has 1 atom stereocenters.